The van der Waals surface area contributed by atoms with E-state index >= 15 is 4.79 Å². The van der Waals surface area contributed by atoms with Gasteiger partial charge in [-0.1, -0.05) is 42.5 Å². The zero-order valence-corrected chi connectivity index (χ0v) is 31.5. The molecule has 9 nitrogen and oxygen atoms in total. The number of carbonyl (C=O) groups excluding carboxylic acids is 2. The van der Waals surface area contributed by atoms with E-state index in [1.54, 1.807) is 23.1 Å². The Labute approximate surface area is 329 Å². The Morgan fingerprint density at radius 2 is 1.56 bits per heavy atom. The molecule has 1 N–H and O–H groups in total. The summed E-state index contributed by atoms with van der Waals surface area (Å²) in [4.78, 5) is 35.0. The molecular formula is C46H42F2N4O5. The molecule has 0 spiro atoms. The van der Waals surface area contributed by atoms with Gasteiger partial charge >= 0.3 is 0 Å². The highest BCUT2D eigenvalue weighted by Gasteiger charge is 2.35. The number of rotatable bonds is 8. The number of phenolic OH excluding ortho intramolecular Hbond substituents is 1. The average Bonchev–Trinajstić information content (AvgIpc) is 3.85. The number of ether oxygens (including phenoxy) is 2. The van der Waals surface area contributed by atoms with Crippen LogP contribution in [0, 0.1) is 0 Å². The summed E-state index contributed by atoms with van der Waals surface area (Å²) in [6.07, 6.45) is 3.61. The molecule has 0 saturated carbocycles. The van der Waals surface area contributed by atoms with Crippen LogP contribution < -0.4 is 14.4 Å². The smallest absolute Gasteiger partial charge is 0.265 e. The lowest BCUT2D eigenvalue weighted by atomic mass is 9.93. The molecule has 11 heteroatoms. The Bertz CT molecular complexity index is 2480. The van der Waals surface area contributed by atoms with Crippen molar-refractivity contribution in [1.82, 2.24) is 14.2 Å². The van der Waals surface area contributed by atoms with Crippen LogP contribution in [0.25, 0.3) is 16.8 Å². The number of aromatic hydroxyl groups is 1. The quantitative estimate of drug-likeness (QED) is 0.167. The first-order chi connectivity index (χ1) is 27.6. The minimum atomic E-state index is -2.66. The van der Waals surface area contributed by atoms with E-state index in [4.69, 9.17) is 9.47 Å². The van der Waals surface area contributed by atoms with E-state index in [1.807, 2.05) is 87.1 Å². The van der Waals surface area contributed by atoms with Gasteiger partial charge in [0, 0.05) is 48.7 Å². The van der Waals surface area contributed by atoms with Crippen LogP contribution >= 0.6 is 0 Å². The molecule has 1 fully saturated rings. The van der Waals surface area contributed by atoms with Gasteiger partial charge in [-0.25, -0.2) is 8.78 Å². The van der Waals surface area contributed by atoms with Crippen molar-refractivity contribution in [2.75, 3.05) is 31.3 Å². The lowest BCUT2D eigenvalue weighted by molar-refractivity contribution is -0.0635. The predicted molar refractivity (Wildman–Crippen MR) is 214 cm³/mol. The zero-order valence-electron chi connectivity index (χ0n) is 31.5. The number of hydrogen-bond acceptors (Lipinski definition) is 6. The normalized spacial score (nSPS) is 17.4. The molecule has 3 aliphatic heterocycles. The molecule has 0 aliphatic carbocycles. The number of likely N-dealkylation sites (tertiary alicyclic amines) is 1. The summed E-state index contributed by atoms with van der Waals surface area (Å²) < 4.78 is 41.6. The second-order valence-corrected chi connectivity index (χ2v) is 15.2. The molecule has 0 unspecified atom stereocenters. The van der Waals surface area contributed by atoms with E-state index < -0.39 is 5.92 Å². The third kappa shape index (κ3) is 7.08. The van der Waals surface area contributed by atoms with E-state index in [0.717, 1.165) is 17.5 Å². The van der Waals surface area contributed by atoms with Gasteiger partial charge in [-0.3, -0.25) is 19.4 Å². The molecule has 4 aromatic carbocycles. The number of alkyl halides is 2. The molecule has 57 heavy (non-hydrogen) atoms. The number of anilines is 2. The third-order valence-corrected chi connectivity index (χ3v) is 11.4. The van der Waals surface area contributed by atoms with Crippen LogP contribution in [0.4, 0.5) is 20.2 Å². The molecule has 9 rings (SSSR count). The molecule has 1 saturated heterocycles. The Morgan fingerprint density at radius 3 is 2.32 bits per heavy atom. The fraction of sp³-hybridized carbons (Fsp3) is 0.261. The van der Waals surface area contributed by atoms with Crippen LogP contribution in [0.2, 0.25) is 0 Å². The number of hydrogen-bond donors (Lipinski definition) is 1. The highest BCUT2D eigenvalue weighted by molar-refractivity contribution is 6.16. The summed E-state index contributed by atoms with van der Waals surface area (Å²) in [6.45, 7) is 3.51. The summed E-state index contributed by atoms with van der Waals surface area (Å²) in [6, 6.07) is 33.1. The Morgan fingerprint density at radius 1 is 0.860 bits per heavy atom. The average molecular weight is 769 g/mol. The van der Waals surface area contributed by atoms with Crippen LogP contribution in [-0.2, 0) is 19.4 Å². The van der Waals surface area contributed by atoms with Crippen molar-refractivity contribution in [3.05, 3.63) is 143 Å². The van der Waals surface area contributed by atoms with Crippen LogP contribution in [0.15, 0.2) is 115 Å². The van der Waals surface area contributed by atoms with Crippen molar-refractivity contribution in [1.29, 1.82) is 0 Å². The number of fused-ring (bicyclic) bond motifs is 3. The summed E-state index contributed by atoms with van der Waals surface area (Å²) in [5, 5.41) is 10.2. The zero-order chi connectivity index (χ0) is 39.3. The van der Waals surface area contributed by atoms with E-state index in [1.165, 1.54) is 17.7 Å². The Balaban J connectivity index is 1.09. The van der Waals surface area contributed by atoms with Gasteiger partial charge in [-0.2, -0.15) is 0 Å². The topological polar surface area (TPSA) is 87.0 Å². The number of piperidine rings is 1. The number of amides is 2. The highest BCUT2D eigenvalue weighted by atomic mass is 19.3. The second kappa shape index (κ2) is 14.7. The number of benzene rings is 4. The van der Waals surface area contributed by atoms with Crippen LogP contribution in [0.3, 0.4) is 0 Å². The molecule has 3 aliphatic rings. The minimum absolute atomic E-state index is 0.0348. The standard InChI is InChI=1S/C46H42F2N4O5/c1-30-23-32-7-2-3-8-33(32)27-51(30)44(54)38-26-43-42(56-29-57-43)25-37(38)41-24-39(40-9-4-5-21-50(40)41)45(55)52(35-14-16-36(53)17-15-35)34-12-10-31(11-13-34)18-22-49-20-6-19-46(47,48)28-49/h2-5,7-17,21,24-26,30,53H,6,18-20,22-23,27-29H2,1H3/t30-/m1/s1. The SMILES string of the molecule is C[C@@H]1Cc2ccccc2CN1C(=O)c1cc2c(cc1-c1cc(C(=O)N(c3ccc(O)cc3)c3ccc(CCN4CCCC(F)(F)C4)cc3)c3ccccn13)OCO2. The van der Waals surface area contributed by atoms with E-state index in [2.05, 4.69) is 19.1 Å². The van der Waals surface area contributed by atoms with E-state index in [0.29, 0.717) is 83.3 Å². The monoisotopic (exact) mass is 768 g/mol. The number of nitrogens with zero attached hydrogens (tertiary/aromatic N) is 4. The predicted octanol–water partition coefficient (Wildman–Crippen LogP) is 8.88. The first kappa shape index (κ1) is 36.4. The van der Waals surface area contributed by atoms with Gasteiger partial charge in [-0.05, 0) is 116 Å². The first-order valence-corrected chi connectivity index (χ1v) is 19.4. The van der Waals surface area contributed by atoms with Crippen molar-refractivity contribution in [3.8, 4) is 28.5 Å². The van der Waals surface area contributed by atoms with Gasteiger partial charge in [0.15, 0.2) is 11.5 Å². The fourth-order valence-electron chi connectivity index (χ4n) is 8.41. The lowest BCUT2D eigenvalue weighted by Crippen LogP contribution is -2.43. The maximum Gasteiger partial charge on any atom is 0.265 e. The maximum atomic E-state index is 15.0. The molecule has 2 aromatic heterocycles. The van der Waals surface area contributed by atoms with Crippen LogP contribution in [0.1, 0.15) is 57.2 Å². The van der Waals surface area contributed by atoms with Crippen molar-refractivity contribution in [3.63, 3.8) is 0 Å². The number of halogens is 2. The molecule has 0 bridgehead atoms. The number of pyridine rings is 1. The van der Waals surface area contributed by atoms with Crippen LogP contribution in [-0.4, -0.2) is 69.5 Å². The minimum Gasteiger partial charge on any atom is -0.508 e. The van der Waals surface area contributed by atoms with Gasteiger partial charge in [-0.15, -0.1) is 0 Å². The maximum absolute atomic E-state index is 15.0. The largest absolute Gasteiger partial charge is 0.508 e. The number of phenols is 1. The highest BCUT2D eigenvalue weighted by Crippen LogP contribution is 2.42. The molecule has 5 heterocycles. The van der Waals surface area contributed by atoms with Crippen molar-refractivity contribution >= 4 is 28.7 Å². The van der Waals surface area contributed by atoms with E-state index in [-0.39, 0.29) is 43.4 Å². The van der Waals surface area contributed by atoms with Gasteiger partial charge in [0.1, 0.15) is 5.75 Å². The summed E-state index contributed by atoms with van der Waals surface area (Å²) in [7, 11) is 0. The molecule has 0 radical (unpaired) electrons. The summed E-state index contributed by atoms with van der Waals surface area (Å²) in [5.74, 6) is -2.07. The fourth-order valence-corrected chi connectivity index (χ4v) is 8.41. The second-order valence-electron chi connectivity index (χ2n) is 15.2. The van der Waals surface area contributed by atoms with Gasteiger partial charge in [0.2, 0.25) is 6.79 Å². The Kier molecular flexibility index (Phi) is 9.40. The van der Waals surface area contributed by atoms with Gasteiger partial charge in [0.25, 0.3) is 17.7 Å². The molecule has 290 valence electrons. The van der Waals surface area contributed by atoms with Crippen molar-refractivity contribution < 1.29 is 33.0 Å². The molecule has 1 atom stereocenters. The number of carbonyl (C=O) groups is 2. The summed E-state index contributed by atoms with van der Waals surface area (Å²) >= 11 is 0. The third-order valence-electron chi connectivity index (χ3n) is 11.4. The number of aromatic nitrogens is 1. The van der Waals surface area contributed by atoms with Crippen molar-refractivity contribution in [2.45, 2.75) is 51.1 Å². The summed E-state index contributed by atoms with van der Waals surface area (Å²) in [5.41, 5.74) is 7.14. The van der Waals surface area contributed by atoms with Crippen LogP contribution in [0.5, 0.6) is 17.2 Å². The first-order valence-electron chi connectivity index (χ1n) is 19.4. The molecular weight excluding hydrogens is 727 g/mol. The molecule has 6 aromatic rings. The van der Waals surface area contributed by atoms with Gasteiger partial charge < -0.3 is 23.9 Å². The van der Waals surface area contributed by atoms with Crippen molar-refractivity contribution in [2.24, 2.45) is 0 Å². The molecule has 2 amide bonds. The lowest BCUT2D eigenvalue weighted by Gasteiger charge is -2.35. The van der Waals surface area contributed by atoms with Gasteiger partial charge in [0.05, 0.1) is 28.9 Å². The van der Waals surface area contributed by atoms with E-state index in [9.17, 15) is 18.7 Å². The Hall–Kier alpha value is -6.20.